The number of para-hydroxylation sites is 1. The second-order valence-electron chi connectivity index (χ2n) is 6.77. The van der Waals surface area contributed by atoms with Crippen LogP contribution in [0.5, 0.6) is 0 Å². The fourth-order valence-corrected chi connectivity index (χ4v) is 6.60. The maximum atomic E-state index is 12.9. The third-order valence-corrected chi connectivity index (χ3v) is 8.53. The standard InChI is InChI=1S/C18H17ClN6O2S2/c1-12-20-17-13-4-2-3-5-14(13)21-18(25(17)22-12)23-8-10-24(11-9-23)29(26,27)16-7-6-15(19)28-16/h2-7H,8-11H2,1H3. The average Bonchev–Trinajstić information content (AvgIpc) is 3.33. The first-order valence-electron chi connectivity index (χ1n) is 9.06. The summed E-state index contributed by atoms with van der Waals surface area (Å²) in [5.41, 5.74) is 1.59. The average molecular weight is 449 g/mol. The molecule has 11 heteroatoms. The van der Waals surface area contributed by atoms with E-state index in [0.29, 0.717) is 42.3 Å². The number of hydrogen-bond acceptors (Lipinski definition) is 7. The largest absolute Gasteiger partial charge is 0.338 e. The van der Waals surface area contributed by atoms with Gasteiger partial charge in [-0.25, -0.2) is 18.4 Å². The third-order valence-electron chi connectivity index (χ3n) is 4.93. The fraction of sp³-hybridized carbons (Fsp3) is 0.278. The van der Waals surface area contributed by atoms with Gasteiger partial charge in [-0.1, -0.05) is 23.7 Å². The van der Waals surface area contributed by atoms with Crippen LogP contribution in [0.3, 0.4) is 0 Å². The molecule has 1 aromatic carbocycles. The van der Waals surface area contributed by atoms with Crippen molar-refractivity contribution in [2.75, 3.05) is 31.1 Å². The Kier molecular flexibility index (Phi) is 4.46. The molecule has 0 amide bonds. The van der Waals surface area contributed by atoms with Gasteiger partial charge in [0.1, 0.15) is 10.0 Å². The number of aromatic nitrogens is 4. The van der Waals surface area contributed by atoms with Gasteiger partial charge in [-0.15, -0.1) is 16.4 Å². The van der Waals surface area contributed by atoms with Gasteiger partial charge in [0.15, 0.2) is 5.65 Å². The van der Waals surface area contributed by atoms with Crippen molar-refractivity contribution >= 4 is 55.5 Å². The molecular weight excluding hydrogens is 432 g/mol. The normalized spacial score (nSPS) is 16.1. The molecule has 5 rings (SSSR count). The zero-order valence-corrected chi connectivity index (χ0v) is 17.9. The van der Waals surface area contributed by atoms with E-state index in [-0.39, 0.29) is 4.21 Å². The minimum Gasteiger partial charge on any atom is -0.338 e. The first-order valence-corrected chi connectivity index (χ1v) is 11.7. The number of aryl methyl sites for hydroxylation is 1. The van der Waals surface area contributed by atoms with E-state index >= 15 is 0 Å². The molecule has 8 nitrogen and oxygen atoms in total. The number of hydrogen-bond donors (Lipinski definition) is 0. The highest BCUT2D eigenvalue weighted by atomic mass is 35.5. The zero-order chi connectivity index (χ0) is 20.2. The molecule has 150 valence electrons. The number of piperazine rings is 1. The Balaban J connectivity index is 1.47. The van der Waals surface area contributed by atoms with E-state index < -0.39 is 10.0 Å². The Bertz CT molecular complexity index is 1320. The quantitative estimate of drug-likeness (QED) is 0.479. The van der Waals surface area contributed by atoms with E-state index in [9.17, 15) is 8.42 Å². The zero-order valence-electron chi connectivity index (χ0n) is 15.5. The Morgan fingerprint density at radius 2 is 1.79 bits per heavy atom. The first-order chi connectivity index (χ1) is 13.9. The van der Waals surface area contributed by atoms with Gasteiger partial charge in [-0.2, -0.15) is 8.82 Å². The minimum absolute atomic E-state index is 0.272. The van der Waals surface area contributed by atoms with Crippen molar-refractivity contribution in [1.82, 2.24) is 23.9 Å². The molecule has 4 heterocycles. The maximum absolute atomic E-state index is 12.9. The molecule has 0 aliphatic carbocycles. The predicted octanol–water partition coefficient (Wildman–Crippen LogP) is 2.81. The molecule has 1 fully saturated rings. The highest BCUT2D eigenvalue weighted by Crippen LogP contribution is 2.29. The molecule has 0 atom stereocenters. The van der Waals surface area contributed by atoms with Crippen molar-refractivity contribution in [3.8, 4) is 0 Å². The lowest BCUT2D eigenvalue weighted by Crippen LogP contribution is -2.49. The summed E-state index contributed by atoms with van der Waals surface area (Å²) in [5.74, 6) is 1.34. The van der Waals surface area contributed by atoms with E-state index in [1.165, 1.54) is 4.31 Å². The smallest absolute Gasteiger partial charge is 0.252 e. The van der Waals surface area contributed by atoms with Crippen LogP contribution in [0.4, 0.5) is 5.95 Å². The molecule has 1 aliphatic rings. The van der Waals surface area contributed by atoms with Gasteiger partial charge in [0.2, 0.25) is 5.95 Å². The number of nitrogens with zero attached hydrogens (tertiary/aromatic N) is 6. The van der Waals surface area contributed by atoms with Crippen molar-refractivity contribution in [2.45, 2.75) is 11.1 Å². The highest BCUT2D eigenvalue weighted by Gasteiger charge is 2.31. The third kappa shape index (κ3) is 3.16. The van der Waals surface area contributed by atoms with Gasteiger partial charge in [0.25, 0.3) is 10.0 Å². The molecule has 0 bridgehead atoms. The molecule has 4 aromatic rings. The van der Waals surface area contributed by atoms with E-state index in [1.807, 2.05) is 31.2 Å². The van der Waals surface area contributed by atoms with Crippen molar-refractivity contribution in [3.05, 3.63) is 46.6 Å². The van der Waals surface area contributed by atoms with Crippen LogP contribution in [0.15, 0.2) is 40.6 Å². The molecular formula is C18H17ClN6O2S2. The topological polar surface area (TPSA) is 83.7 Å². The van der Waals surface area contributed by atoms with Crippen LogP contribution in [-0.4, -0.2) is 58.5 Å². The van der Waals surface area contributed by atoms with Gasteiger partial charge >= 0.3 is 0 Å². The number of thiophene rings is 1. The van der Waals surface area contributed by atoms with Crippen molar-refractivity contribution < 1.29 is 8.42 Å². The number of fused-ring (bicyclic) bond motifs is 3. The fourth-order valence-electron chi connectivity index (χ4n) is 3.54. The van der Waals surface area contributed by atoms with Crippen LogP contribution in [0, 0.1) is 6.92 Å². The number of rotatable bonds is 3. The van der Waals surface area contributed by atoms with Crippen LogP contribution in [-0.2, 0) is 10.0 Å². The number of anilines is 1. The maximum Gasteiger partial charge on any atom is 0.252 e. The van der Waals surface area contributed by atoms with Gasteiger partial charge in [0.05, 0.1) is 9.85 Å². The monoisotopic (exact) mass is 448 g/mol. The number of sulfonamides is 1. The molecule has 29 heavy (non-hydrogen) atoms. The Morgan fingerprint density at radius 1 is 1.03 bits per heavy atom. The van der Waals surface area contributed by atoms with Gasteiger partial charge in [-0.05, 0) is 31.2 Å². The second-order valence-corrected chi connectivity index (χ2v) is 10.7. The van der Waals surface area contributed by atoms with E-state index in [2.05, 4.69) is 15.0 Å². The van der Waals surface area contributed by atoms with Crippen LogP contribution in [0.2, 0.25) is 4.34 Å². The molecule has 0 radical (unpaired) electrons. The summed E-state index contributed by atoms with van der Waals surface area (Å²) in [7, 11) is -3.53. The predicted molar refractivity (Wildman–Crippen MR) is 113 cm³/mol. The van der Waals surface area contributed by atoms with Crippen LogP contribution >= 0.6 is 22.9 Å². The molecule has 1 aliphatic heterocycles. The summed E-state index contributed by atoms with van der Waals surface area (Å²) in [6.45, 7) is 3.60. The van der Waals surface area contributed by atoms with Crippen LogP contribution in [0.1, 0.15) is 5.82 Å². The van der Waals surface area contributed by atoms with E-state index in [1.54, 1.807) is 16.6 Å². The lowest BCUT2D eigenvalue weighted by molar-refractivity contribution is 0.382. The molecule has 0 unspecified atom stereocenters. The van der Waals surface area contributed by atoms with Crippen LogP contribution in [0.25, 0.3) is 16.6 Å². The lowest BCUT2D eigenvalue weighted by atomic mass is 10.2. The highest BCUT2D eigenvalue weighted by molar-refractivity contribution is 7.91. The molecule has 0 spiro atoms. The molecule has 3 aromatic heterocycles. The number of benzene rings is 1. The molecule has 0 N–H and O–H groups in total. The van der Waals surface area contributed by atoms with E-state index in [4.69, 9.17) is 16.6 Å². The SMILES string of the molecule is Cc1nc2c3ccccc3nc(N3CCN(S(=O)(=O)c4ccc(Cl)s4)CC3)n2n1. The summed E-state index contributed by atoms with van der Waals surface area (Å²) < 4.78 is 29.7. The van der Waals surface area contributed by atoms with Crippen molar-refractivity contribution in [3.63, 3.8) is 0 Å². The summed E-state index contributed by atoms with van der Waals surface area (Å²) in [6, 6.07) is 11.0. The number of halogens is 1. The molecule has 1 saturated heterocycles. The first kappa shape index (κ1) is 18.7. The Morgan fingerprint density at radius 3 is 2.52 bits per heavy atom. The summed E-state index contributed by atoms with van der Waals surface area (Å²) in [4.78, 5) is 11.4. The summed E-state index contributed by atoms with van der Waals surface area (Å²) >= 11 is 7.00. The van der Waals surface area contributed by atoms with Crippen LogP contribution < -0.4 is 4.90 Å². The lowest BCUT2D eigenvalue weighted by Gasteiger charge is -2.34. The van der Waals surface area contributed by atoms with Gasteiger partial charge in [0, 0.05) is 31.6 Å². The summed E-state index contributed by atoms with van der Waals surface area (Å²) in [5, 5.41) is 5.45. The minimum atomic E-state index is -3.53. The molecule has 0 saturated carbocycles. The van der Waals surface area contributed by atoms with Crippen molar-refractivity contribution in [1.29, 1.82) is 0 Å². The summed E-state index contributed by atoms with van der Waals surface area (Å²) in [6.07, 6.45) is 0. The van der Waals surface area contributed by atoms with E-state index in [0.717, 1.165) is 27.9 Å². The second kappa shape index (κ2) is 6.91. The Labute approximate surface area is 176 Å². The van der Waals surface area contributed by atoms with Crippen molar-refractivity contribution in [2.24, 2.45) is 0 Å². The Hall–Kier alpha value is -2.27. The van der Waals surface area contributed by atoms with Gasteiger partial charge < -0.3 is 4.90 Å². The van der Waals surface area contributed by atoms with Gasteiger partial charge in [-0.3, -0.25) is 0 Å².